The van der Waals surface area contributed by atoms with Gasteiger partial charge in [-0.25, -0.2) is 15.0 Å². The molecule has 3 aliphatic carbocycles. The van der Waals surface area contributed by atoms with E-state index in [1.165, 1.54) is 5.56 Å². The first-order chi connectivity index (χ1) is 51.6. The van der Waals surface area contributed by atoms with Gasteiger partial charge in [0.25, 0.3) is 17.7 Å². The minimum absolute atomic E-state index is 0. The maximum absolute atomic E-state index is 13.1. The smallest absolute Gasteiger partial charge is 0.255 e. The molecule has 6 atom stereocenters. The largest absolute Gasteiger partial charge is 0.508 e. The summed E-state index contributed by atoms with van der Waals surface area (Å²) in [6.45, 7) is 3.59. The van der Waals surface area contributed by atoms with Gasteiger partial charge in [-0.05, 0) is 181 Å². The van der Waals surface area contributed by atoms with Gasteiger partial charge < -0.3 is 62.3 Å². The van der Waals surface area contributed by atoms with Gasteiger partial charge in [0.05, 0.1) is 91.5 Å². The van der Waals surface area contributed by atoms with Crippen molar-refractivity contribution in [3.63, 3.8) is 0 Å². The minimum atomic E-state index is -0.246. The van der Waals surface area contributed by atoms with E-state index in [1.807, 2.05) is 119 Å². The summed E-state index contributed by atoms with van der Waals surface area (Å²) in [7, 11) is 13.7. The number of nitrogens with one attached hydrogen (secondary N) is 3. The molecule has 572 valence electrons. The van der Waals surface area contributed by atoms with Gasteiger partial charge in [-0.1, -0.05) is 88.7 Å². The van der Waals surface area contributed by atoms with Gasteiger partial charge in [-0.15, -0.1) is 24.0 Å². The molecule has 0 aliphatic heterocycles. The fraction of sp³-hybridized carbons (Fsp3) is 0.370. The molecule has 3 fully saturated rings. The Labute approximate surface area is 652 Å². The van der Waals surface area contributed by atoms with Crippen molar-refractivity contribution in [3.05, 3.63) is 214 Å². The minimum Gasteiger partial charge on any atom is -0.508 e. The van der Waals surface area contributed by atoms with Gasteiger partial charge >= 0.3 is 0 Å². The summed E-state index contributed by atoms with van der Waals surface area (Å²) in [6, 6.07) is 37.2. The number of carbonyl (C=O) groups is 3. The third-order valence-corrected chi connectivity index (χ3v) is 19.7. The molecule has 0 radical (unpaired) electrons. The number of anilines is 3. The van der Waals surface area contributed by atoms with Crippen LogP contribution in [0.1, 0.15) is 118 Å². The van der Waals surface area contributed by atoms with Crippen LogP contribution in [0.15, 0.2) is 176 Å². The number of rotatable bonds is 25. The molecule has 0 saturated heterocycles. The zero-order valence-electron chi connectivity index (χ0n) is 62.4. The molecule has 10 aromatic rings. The number of carbonyl (C=O) groups excluding carboxylic acids is 3. The molecule has 0 bridgehead atoms. The normalized spacial score (nSPS) is 17.2. The van der Waals surface area contributed by atoms with Crippen LogP contribution in [-0.2, 0) is 61.6 Å². The van der Waals surface area contributed by atoms with E-state index in [4.69, 9.17) is 43.0 Å². The van der Waals surface area contributed by atoms with Crippen LogP contribution < -0.4 is 33.2 Å². The summed E-state index contributed by atoms with van der Waals surface area (Å²) in [5.74, 6) is 0.920. The number of aromatic hydroxyl groups is 1. The van der Waals surface area contributed by atoms with Crippen molar-refractivity contribution in [2.24, 2.45) is 21.1 Å². The fourth-order valence-corrected chi connectivity index (χ4v) is 13.6. The Morgan fingerprint density at radius 3 is 1.11 bits per heavy atom. The zero-order chi connectivity index (χ0) is 75.9. The molecule has 3 amide bonds. The number of aryl methyl sites for hydroxylation is 4. The Bertz CT molecular complexity index is 4500. The van der Waals surface area contributed by atoms with Crippen molar-refractivity contribution in [1.82, 2.24) is 70.0 Å². The maximum atomic E-state index is 13.1. The maximum Gasteiger partial charge on any atom is 0.255 e. The van der Waals surface area contributed by atoms with Crippen LogP contribution in [0.3, 0.4) is 0 Å². The van der Waals surface area contributed by atoms with Crippen LogP contribution in [0.5, 0.6) is 5.75 Å². The van der Waals surface area contributed by atoms with E-state index in [-0.39, 0.29) is 89.8 Å². The van der Waals surface area contributed by atoms with E-state index in [1.54, 1.807) is 81.6 Å². The summed E-state index contributed by atoms with van der Waals surface area (Å²) in [4.78, 5) is 56.1. The molecular formula is C81H100BrCl2N17O7. The average molecular weight is 1570 g/mol. The number of nitrogens with two attached hydrogens (primary N) is 3. The third kappa shape index (κ3) is 24.2. The number of pyridine rings is 3. The quantitative estimate of drug-likeness (QED) is 0.0261. The highest BCUT2D eigenvalue weighted by Gasteiger charge is 2.33. The molecule has 108 heavy (non-hydrogen) atoms. The number of hydrogen-bond acceptors (Lipinski definition) is 18. The second kappa shape index (κ2) is 40.6. The second-order valence-electron chi connectivity index (χ2n) is 27.8. The predicted octanol–water partition coefficient (Wildman–Crippen LogP) is 12.6. The van der Waals surface area contributed by atoms with Crippen molar-refractivity contribution in [2.75, 3.05) is 64.4 Å². The van der Waals surface area contributed by atoms with Crippen molar-refractivity contribution < 1.29 is 33.7 Å². The second-order valence-corrected chi connectivity index (χ2v) is 29.1. The summed E-state index contributed by atoms with van der Waals surface area (Å²) in [5.41, 5.74) is 31.0. The molecule has 0 spiro atoms. The lowest BCUT2D eigenvalue weighted by Gasteiger charge is -2.22. The van der Waals surface area contributed by atoms with E-state index in [0.717, 1.165) is 155 Å². The highest BCUT2D eigenvalue weighted by atomic mass is 79.9. The third-order valence-electron chi connectivity index (χ3n) is 19.0. The average Bonchev–Trinajstić information content (AvgIpc) is 1.67. The molecule has 6 heterocycles. The van der Waals surface area contributed by atoms with Crippen molar-refractivity contribution >= 4 is 75.1 Å². The van der Waals surface area contributed by atoms with Crippen LogP contribution in [0.2, 0.25) is 0 Å². The van der Waals surface area contributed by atoms with E-state index in [0.29, 0.717) is 36.5 Å². The summed E-state index contributed by atoms with van der Waals surface area (Å²) in [5, 5.41) is 31.4. The van der Waals surface area contributed by atoms with Gasteiger partial charge in [0.1, 0.15) is 23.2 Å². The summed E-state index contributed by atoms with van der Waals surface area (Å²) < 4.78 is 24.7. The van der Waals surface area contributed by atoms with Gasteiger partial charge in [0.15, 0.2) is 0 Å². The Morgan fingerprint density at radius 2 is 0.796 bits per heavy atom. The predicted molar refractivity (Wildman–Crippen MR) is 431 cm³/mol. The zero-order valence-corrected chi connectivity index (χ0v) is 65.5. The van der Waals surface area contributed by atoms with E-state index < -0.39 is 0 Å². The van der Waals surface area contributed by atoms with Crippen molar-refractivity contribution in [3.8, 4) is 50.3 Å². The highest BCUT2D eigenvalue weighted by molar-refractivity contribution is 9.10. The molecule has 0 unspecified atom stereocenters. The first-order valence-corrected chi connectivity index (χ1v) is 37.5. The lowest BCUT2D eigenvalue weighted by atomic mass is 10.0. The van der Waals surface area contributed by atoms with E-state index in [9.17, 15) is 19.5 Å². The Morgan fingerprint density at radius 1 is 0.472 bits per heavy atom. The lowest BCUT2D eigenvalue weighted by Crippen LogP contribution is -2.41. The van der Waals surface area contributed by atoms with Gasteiger partial charge in [0, 0.05) is 109 Å². The standard InChI is InChI=1S/C28H29N5O3.C27H36N6O2.C22H24BrN5O2.C4H10ClN.ClH/c1-33-16-22(15-31-33)21-13-24(27(29)30-14-21)28(35)32-25-3-2-4-26(25)36-17-18-5-7-19(8-6-18)20-9-11-23(34)12-10-20;1-32(2)13-5-6-19-9-11-20(12-10-19)18-35-25-8-4-7-24(25)31-27(34)23-14-21(15-29-26(23)28)22-16-30-33(3)17-22;1-28-12-16(11-26-28)15-9-18(21(24)25-10-15)22(29)27-19-3-2-4-20(19)30-13-14-5-7-17(23)8-6-14;1-6(2)4-3-5;/h5-16,25-26,34H,2-4,17H2,1H3,(H2,29,30)(H,32,35);9-12,14-17,24-25H,4-8,13,18H2,1-3H3,(H2,28,29)(H,31,34);5-12,19-20H,2-4,13H2,1H3,(H2,24,25)(H,27,29);3-4H2,1-2H3;1H/t25-,26-;24-,25-;19-,20-;;/m000../s1. The number of halogens is 3. The van der Waals surface area contributed by atoms with Crippen LogP contribution in [-0.4, -0.2) is 161 Å². The molecule has 6 aromatic heterocycles. The Kier molecular flexibility index (Phi) is 31.0. The number of benzene rings is 4. The number of amides is 3. The number of hydrogen-bond donors (Lipinski definition) is 7. The molecule has 13 rings (SSSR count). The van der Waals surface area contributed by atoms with Crippen LogP contribution in [0, 0.1) is 0 Å². The molecule has 3 aliphatic rings. The van der Waals surface area contributed by atoms with Crippen molar-refractivity contribution in [1.29, 1.82) is 0 Å². The number of alkyl halides is 1. The topological polar surface area (TPSA) is 312 Å². The molecule has 24 nitrogen and oxygen atoms in total. The summed E-state index contributed by atoms with van der Waals surface area (Å²) >= 11 is 8.80. The number of nitrogen functional groups attached to an aromatic ring is 3. The van der Waals surface area contributed by atoms with Gasteiger partial charge in [0.2, 0.25) is 0 Å². The molecule has 27 heteroatoms. The number of nitrogens with zero attached hydrogens (tertiary/aromatic N) is 11. The highest BCUT2D eigenvalue weighted by Crippen LogP contribution is 2.31. The van der Waals surface area contributed by atoms with E-state index in [2.05, 4.69) is 105 Å². The molecule has 3 saturated carbocycles. The monoisotopic (exact) mass is 1570 g/mol. The first kappa shape index (κ1) is 82.5. The first-order valence-electron chi connectivity index (χ1n) is 36.2. The Balaban J connectivity index is 0.000000180. The van der Waals surface area contributed by atoms with Gasteiger partial charge in [-0.2, -0.15) is 15.3 Å². The van der Waals surface area contributed by atoms with Gasteiger partial charge in [-0.3, -0.25) is 28.4 Å². The SMILES string of the molecule is CN(C)CCCc1ccc(CO[C@H]2CCC[C@@H]2NC(=O)c2cc(-c3cnn(C)c3)cnc2N)cc1.CN(C)CCCl.Cl.Cn1cc(-c2cnc(N)c(C(=O)N[C@H]3CCC[C@@H]3OCc3ccc(-c4ccc(O)cc4)cc3)c2)cn1.Cn1cc(-c2cnc(N)c(C(=O)N[C@H]3CCC[C@@H]3OCc3ccc(Br)cc3)c2)cn1. The Hall–Kier alpha value is -9.57. The van der Waals surface area contributed by atoms with Crippen molar-refractivity contribution in [2.45, 2.75) is 127 Å². The molecular weight excluding hydrogens is 1470 g/mol. The number of phenolic OH excluding ortho intramolecular Hbond substituents is 1. The molecule has 4 aromatic carbocycles. The number of aromatic nitrogens is 9. The van der Waals surface area contributed by atoms with Crippen LogP contribution >= 0.6 is 39.9 Å². The van der Waals surface area contributed by atoms with Crippen LogP contribution in [0.25, 0.3) is 44.5 Å². The van der Waals surface area contributed by atoms with Crippen LogP contribution in [0.4, 0.5) is 17.5 Å². The number of ether oxygens (including phenoxy) is 3. The lowest BCUT2D eigenvalue weighted by molar-refractivity contribution is 0.0272. The molecule has 10 N–H and O–H groups in total. The fourth-order valence-electron chi connectivity index (χ4n) is 13.0. The number of phenols is 1. The summed E-state index contributed by atoms with van der Waals surface area (Å²) in [6.07, 6.45) is 26.3. The van der Waals surface area contributed by atoms with E-state index >= 15 is 0 Å².